The smallest absolute Gasteiger partial charge is 0.330 e. The predicted octanol–water partition coefficient (Wildman–Crippen LogP) is 1.90. The van der Waals surface area contributed by atoms with Crippen molar-refractivity contribution in [3.63, 3.8) is 0 Å². The van der Waals surface area contributed by atoms with E-state index in [2.05, 4.69) is 10.0 Å². The van der Waals surface area contributed by atoms with Crippen LogP contribution in [0.25, 0.3) is 10.9 Å². The summed E-state index contributed by atoms with van der Waals surface area (Å²) in [6.07, 6.45) is 0. The van der Waals surface area contributed by atoms with Gasteiger partial charge in [-0.3, -0.25) is 18.7 Å². The van der Waals surface area contributed by atoms with E-state index in [9.17, 15) is 22.8 Å². The number of hydrogen-bond donors (Lipinski definition) is 2. The number of benzene rings is 3. The number of methoxy groups -OCH3 is 1. The van der Waals surface area contributed by atoms with E-state index in [1.165, 1.54) is 44.0 Å². The third-order valence-corrected chi connectivity index (χ3v) is 7.19. The van der Waals surface area contributed by atoms with Gasteiger partial charge in [0, 0.05) is 19.8 Å². The highest BCUT2D eigenvalue weighted by molar-refractivity contribution is 7.89. The molecule has 4 rings (SSSR count). The van der Waals surface area contributed by atoms with Crippen LogP contribution >= 0.6 is 0 Å². The Kier molecular flexibility index (Phi) is 6.77. The maximum absolute atomic E-state index is 13.4. The fraction of sp³-hybridized carbons (Fsp3) is 0.160. The number of rotatable bonds is 7. The summed E-state index contributed by atoms with van der Waals surface area (Å²) in [6.45, 7) is 0. The van der Waals surface area contributed by atoms with Gasteiger partial charge in [0.15, 0.2) is 0 Å². The Morgan fingerprint density at radius 2 is 1.58 bits per heavy atom. The molecule has 0 saturated carbocycles. The molecule has 0 aliphatic carbocycles. The molecule has 10 nitrogen and oxygen atoms in total. The molecule has 1 heterocycles. The van der Waals surface area contributed by atoms with Gasteiger partial charge in [0.05, 0.1) is 22.9 Å². The molecule has 0 fully saturated rings. The molecule has 11 heteroatoms. The number of nitrogens with zero attached hydrogens (tertiary/aromatic N) is 2. The lowest BCUT2D eigenvalue weighted by Gasteiger charge is -2.19. The lowest BCUT2D eigenvalue weighted by Crippen LogP contribution is -2.38. The molecule has 0 bridgehead atoms. The normalized spacial score (nSPS) is 12.3. The molecule has 1 atom stereocenters. The Hall–Kier alpha value is -4.22. The van der Waals surface area contributed by atoms with Gasteiger partial charge in [0.1, 0.15) is 11.8 Å². The Balaban J connectivity index is 1.72. The quantitative estimate of drug-likeness (QED) is 0.392. The first-order chi connectivity index (χ1) is 17.1. The Bertz CT molecular complexity index is 1660. The summed E-state index contributed by atoms with van der Waals surface area (Å²) in [7, 11) is 0.0673. The number of sulfonamides is 1. The molecule has 0 spiro atoms. The maximum atomic E-state index is 13.4. The molecular formula is C25H24N4O6S. The largest absolute Gasteiger partial charge is 0.497 e. The van der Waals surface area contributed by atoms with Crippen LogP contribution in [0.5, 0.6) is 5.75 Å². The number of nitrogens with one attached hydrogen (secondary N) is 2. The van der Waals surface area contributed by atoms with Crippen molar-refractivity contribution in [3.8, 4) is 5.75 Å². The van der Waals surface area contributed by atoms with Crippen LogP contribution in [-0.4, -0.2) is 30.6 Å². The first-order valence-electron chi connectivity index (χ1n) is 10.8. The molecule has 0 radical (unpaired) electrons. The van der Waals surface area contributed by atoms with Crippen LogP contribution in [0, 0.1) is 0 Å². The fourth-order valence-corrected chi connectivity index (χ4v) is 4.98. The molecule has 4 aromatic rings. The molecular weight excluding hydrogens is 484 g/mol. The molecule has 1 unspecified atom stereocenters. The molecule has 2 N–H and O–H groups in total. The summed E-state index contributed by atoms with van der Waals surface area (Å²) in [4.78, 5) is 37.8. The third kappa shape index (κ3) is 4.79. The average molecular weight is 509 g/mol. The molecule has 0 saturated heterocycles. The number of aryl methyl sites for hydroxylation is 1. The van der Waals surface area contributed by atoms with Crippen molar-refractivity contribution in [2.24, 2.45) is 14.1 Å². The van der Waals surface area contributed by atoms with E-state index < -0.39 is 33.2 Å². The SMILES string of the molecule is COc1ccc(NC(=O)C(NS(=O)(=O)c2ccc3c(c2)c(=O)n(C)c(=O)n3C)c2ccccc2)cc1. The average Bonchev–Trinajstić information content (AvgIpc) is 2.89. The monoisotopic (exact) mass is 508 g/mol. The lowest BCUT2D eigenvalue weighted by molar-refractivity contribution is -0.117. The molecule has 186 valence electrons. The second-order valence-corrected chi connectivity index (χ2v) is 9.78. The third-order valence-electron chi connectivity index (χ3n) is 5.77. The van der Waals surface area contributed by atoms with Gasteiger partial charge in [-0.1, -0.05) is 30.3 Å². The highest BCUT2D eigenvalue weighted by Crippen LogP contribution is 2.22. The van der Waals surface area contributed by atoms with Gasteiger partial charge < -0.3 is 10.1 Å². The topological polar surface area (TPSA) is 128 Å². The molecule has 3 aromatic carbocycles. The van der Waals surface area contributed by atoms with Crippen molar-refractivity contribution in [2.45, 2.75) is 10.9 Å². The fourth-order valence-electron chi connectivity index (χ4n) is 3.77. The molecule has 0 aliphatic rings. The first-order valence-corrected chi connectivity index (χ1v) is 12.3. The number of ether oxygens (including phenoxy) is 1. The van der Waals surface area contributed by atoms with Crippen molar-refractivity contribution in [2.75, 3.05) is 12.4 Å². The van der Waals surface area contributed by atoms with Gasteiger partial charge in [-0.15, -0.1) is 0 Å². The van der Waals surface area contributed by atoms with Gasteiger partial charge in [-0.2, -0.15) is 4.72 Å². The first kappa shape index (κ1) is 24.9. The van der Waals surface area contributed by atoms with Crippen LogP contribution < -0.4 is 26.0 Å². The zero-order valence-electron chi connectivity index (χ0n) is 19.8. The van der Waals surface area contributed by atoms with Crippen LogP contribution in [0.2, 0.25) is 0 Å². The van der Waals surface area contributed by atoms with Crippen LogP contribution in [0.15, 0.2) is 87.3 Å². The number of hydrogen-bond acceptors (Lipinski definition) is 6. The van der Waals surface area contributed by atoms with Crippen LogP contribution in [0.4, 0.5) is 5.69 Å². The number of carbonyl (C=O) groups is 1. The van der Waals surface area contributed by atoms with E-state index in [0.29, 0.717) is 22.5 Å². The number of fused-ring (bicyclic) bond motifs is 1. The van der Waals surface area contributed by atoms with Gasteiger partial charge in [0.2, 0.25) is 15.9 Å². The summed E-state index contributed by atoms with van der Waals surface area (Å²) < 4.78 is 36.5. The van der Waals surface area contributed by atoms with Crippen molar-refractivity contribution in [3.05, 3.63) is 99.2 Å². The maximum Gasteiger partial charge on any atom is 0.330 e. The zero-order valence-corrected chi connectivity index (χ0v) is 20.6. The molecule has 1 amide bonds. The second kappa shape index (κ2) is 9.80. The minimum atomic E-state index is -4.27. The van der Waals surface area contributed by atoms with Gasteiger partial charge in [0.25, 0.3) is 5.56 Å². The van der Waals surface area contributed by atoms with E-state index in [4.69, 9.17) is 4.74 Å². The predicted molar refractivity (Wildman–Crippen MR) is 136 cm³/mol. The van der Waals surface area contributed by atoms with E-state index in [1.807, 2.05) is 0 Å². The van der Waals surface area contributed by atoms with E-state index in [1.54, 1.807) is 54.6 Å². The summed E-state index contributed by atoms with van der Waals surface area (Å²) in [5, 5.41) is 2.77. The van der Waals surface area contributed by atoms with Crippen molar-refractivity contribution < 1.29 is 17.9 Å². The van der Waals surface area contributed by atoms with Crippen molar-refractivity contribution >= 4 is 32.5 Å². The minimum absolute atomic E-state index is 0.0569. The summed E-state index contributed by atoms with van der Waals surface area (Å²) >= 11 is 0. The van der Waals surface area contributed by atoms with Crippen molar-refractivity contribution in [1.29, 1.82) is 0 Å². The zero-order chi connectivity index (χ0) is 26.0. The van der Waals surface area contributed by atoms with Gasteiger partial charge in [-0.05, 0) is 48.0 Å². The Labute approximate surface area is 206 Å². The number of amides is 1. The highest BCUT2D eigenvalue weighted by atomic mass is 32.2. The standard InChI is InChI=1S/C25H24N4O6S/c1-28-21-14-13-19(15-20(21)24(31)29(2)25(28)32)36(33,34)27-22(16-7-5-4-6-8-16)23(30)26-17-9-11-18(35-3)12-10-17/h4-15,22,27H,1-3H3,(H,26,30). The van der Waals surface area contributed by atoms with Gasteiger partial charge in [-0.25, -0.2) is 13.2 Å². The summed E-state index contributed by atoms with van der Waals surface area (Å²) in [5.41, 5.74) is 0.0173. The van der Waals surface area contributed by atoms with Crippen LogP contribution in [0.3, 0.4) is 0 Å². The molecule has 0 aliphatic heterocycles. The van der Waals surface area contributed by atoms with E-state index >= 15 is 0 Å². The van der Waals surface area contributed by atoms with E-state index in [0.717, 1.165) is 4.57 Å². The Morgan fingerprint density at radius 1 is 0.917 bits per heavy atom. The second-order valence-electron chi connectivity index (χ2n) is 8.07. The van der Waals surface area contributed by atoms with Crippen LogP contribution in [-0.2, 0) is 28.9 Å². The molecule has 1 aromatic heterocycles. The van der Waals surface area contributed by atoms with Crippen LogP contribution in [0.1, 0.15) is 11.6 Å². The van der Waals surface area contributed by atoms with E-state index in [-0.39, 0.29) is 10.3 Å². The van der Waals surface area contributed by atoms with Gasteiger partial charge >= 0.3 is 5.69 Å². The number of carbonyl (C=O) groups excluding carboxylic acids is 1. The summed E-state index contributed by atoms with van der Waals surface area (Å²) in [6, 6.07) is 17.6. The molecule has 36 heavy (non-hydrogen) atoms. The highest BCUT2D eigenvalue weighted by Gasteiger charge is 2.28. The number of anilines is 1. The van der Waals surface area contributed by atoms with Crippen molar-refractivity contribution in [1.82, 2.24) is 13.9 Å². The number of aromatic nitrogens is 2. The lowest BCUT2D eigenvalue weighted by atomic mass is 10.1. The minimum Gasteiger partial charge on any atom is -0.497 e. The summed E-state index contributed by atoms with van der Waals surface area (Å²) in [5.74, 6) is 0.00213. The Morgan fingerprint density at radius 3 is 2.22 bits per heavy atom.